The van der Waals surface area contributed by atoms with Gasteiger partial charge in [-0.15, -0.1) is 0 Å². The molecule has 0 atom stereocenters. The molecular formula is C16H25ClN2O. The van der Waals surface area contributed by atoms with E-state index >= 15 is 0 Å². The van der Waals surface area contributed by atoms with Gasteiger partial charge in [0, 0.05) is 44.2 Å². The minimum Gasteiger partial charge on any atom is -0.340 e. The van der Waals surface area contributed by atoms with Gasteiger partial charge in [-0.1, -0.05) is 44.5 Å². The van der Waals surface area contributed by atoms with Crippen molar-refractivity contribution >= 4 is 17.5 Å². The minimum atomic E-state index is 0.265. The number of hydrogen-bond acceptors (Lipinski definition) is 2. The van der Waals surface area contributed by atoms with E-state index in [0.717, 1.165) is 37.7 Å². The summed E-state index contributed by atoms with van der Waals surface area (Å²) >= 11 is 5.87. The standard InChI is InChI=1S/C14H19ClN2O.C2H6/c1-2-14(18)17-9-7-16(8-10-17)11-12-3-5-13(15)6-4-12;1-2/h3-6H,2,7-11H2,1H3;1-2H3. The van der Waals surface area contributed by atoms with Crippen molar-refractivity contribution in [2.75, 3.05) is 26.2 Å². The lowest BCUT2D eigenvalue weighted by atomic mass is 10.2. The Hall–Kier alpha value is -1.06. The van der Waals surface area contributed by atoms with Crippen LogP contribution >= 0.6 is 11.6 Å². The van der Waals surface area contributed by atoms with Crippen molar-refractivity contribution in [2.24, 2.45) is 0 Å². The van der Waals surface area contributed by atoms with E-state index in [9.17, 15) is 4.79 Å². The lowest BCUT2D eigenvalue weighted by Crippen LogP contribution is -2.48. The Morgan fingerprint density at radius 3 is 2.15 bits per heavy atom. The molecule has 1 aromatic carbocycles. The molecule has 0 aromatic heterocycles. The Balaban J connectivity index is 0.000000956. The van der Waals surface area contributed by atoms with E-state index in [1.807, 2.05) is 37.8 Å². The van der Waals surface area contributed by atoms with E-state index in [-0.39, 0.29) is 5.91 Å². The Labute approximate surface area is 127 Å². The molecule has 0 radical (unpaired) electrons. The molecule has 0 N–H and O–H groups in total. The monoisotopic (exact) mass is 296 g/mol. The second kappa shape index (κ2) is 8.98. The summed E-state index contributed by atoms with van der Waals surface area (Å²) in [6.07, 6.45) is 0.608. The maximum atomic E-state index is 11.6. The van der Waals surface area contributed by atoms with E-state index in [0.29, 0.717) is 6.42 Å². The molecule has 0 saturated carbocycles. The van der Waals surface area contributed by atoms with Crippen molar-refractivity contribution in [3.05, 3.63) is 34.9 Å². The number of carbonyl (C=O) groups is 1. The largest absolute Gasteiger partial charge is 0.340 e. The first-order valence-corrected chi connectivity index (χ1v) is 7.81. The molecule has 0 bridgehead atoms. The van der Waals surface area contributed by atoms with Gasteiger partial charge >= 0.3 is 0 Å². The quantitative estimate of drug-likeness (QED) is 0.853. The van der Waals surface area contributed by atoms with Crippen molar-refractivity contribution in [3.8, 4) is 0 Å². The van der Waals surface area contributed by atoms with Crippen LogP contribution < -0.4 is 0 Å². The molecule has 0 unspecified atom stereocenters. The number of hydrogen-bond donors (Lipinski definition) is 0. The summed E-state index contributed by atoms with van der Waals surface area (Å²) in [5.41, 5.74) is 1.27. The Bertz CT molecular complexity index is 397. The number of piperazine rings is 1. The van der Waals surface area contributed by atoms with E-state index in [4.69, 9.17) is 11.6 Å². The third kappa shape index (κ3) is 5.14. The summed E-state index contributed by atoms with van der Waals surface area (Å²) in [5.74, 6) is 0.265. The third-order valence-electron chi connectivity index (χ3n) is 3.35. The van der Waals surface area contributed by atoms with Crippen molar-refractivity contribution in [3.63, 3.8) is 0 Å². The average molecular weight is 297 g/mol. The fourth-order valence-electron chi connectivity index (χ4n) is 2.23. The number of amides is 1. The predicted molar refractivity (Wildman–Crippen MR) is 84.9 cm³/mol. The molecule has 0 aliphatic carbocycles. The molecular weight excluding hydrogens is 272 g/mol. The van der Waals surface area contributed by atoms with Crippen LogP contribution in [0.1, 0.15) is 32.8 Å². The van der Waals surface area contributed by atoms with Crippen LogP contribution in [-0.2, 0) is 11.3 Å². The highest BCUT2D eigenvalue weighted by Gasteiger charge is 2.19. The normalized spacial score (nSPS) is 15.5. The molecule has 1 heterocycles. The number of halogens is 1. The predicted octanol–water partition coefficient (Wildman–Crippen LogP) is 3.42. The zero-order valence-electron chi connectivity index (χ0n) is 12.7. The highest BCUT2D eigenvalue weighted by Crippen LogP contribution is 2.13. The summed E-state index contributed by atoms with van der Waals surface area (Å²) in [7, 11) is 0. The van der Waals surface area contributed by atoms with E-state index < -0.39 is 0 Å². The van der Waals surface area contributed by atoms with Crippen LogP contribution in [0.25, 0.3) is 0 Å². The topological polar surface area (TPSA) is 23.6 Å². The maximum Gasteiger partial charge on any atom is 0.222 e. The van der Waals surface area contributed by atoms with Crippen molar-refractivity contribution in [1.82, 2.24) is 9.80 Å². The van der Waals surface area contributed by atoms with Crippen molar-refractivity contribution < 1.29 is 4.79 Å². The molecule has 1 saturated heterocycles. The fourth-order valence-corrected chi connectivity index (χ4v) is 2.35. The second-order valence-corrected chi connectivity index (χ2v) is 5.07. The zero-order chi connectivity index (χ0) is 15.0. The van der Waals surface area contributed by atoms with Gasteiger partial charge < -0.3 is 4.90 Å². The van der Waals surface area contributed by atoms with Crippen LogP contribution in [0.2, 0.25) is 5.02 Å². The molecule has 0 spiro atoms. The van der Waals surface area contributed by atoms with Gasteiger partial charge in [0.25, 0.3) is 0 Å². The smallest absolute Gasteiger partial charge is 0.222 e. The van der Waals surface area contributed by atoms with Gasteiger partial charge in [0.2, 0.25) is 5.91 Å². The molecule has 1 amide bonds. The number of carbonyl (C=O) groups excluding carboxylic acids is 1. The van der Waals surface area contributed by atoms with Gasteiger partial charge in [-0.25, -0.2) is 0 Å². The minimum absolute atomic E-state index is 0.265. The summed E-state index contributed by atoms with van der Waals surface area (Å²) in [6, 6.07) is 7.97. The number of nitrogens with zero attached hydrogens (tertiary/aromatic N) is 2. The van der Waals surface area contributed by atoms with Gasteiger partial charge in [-0.05, 0) is 17.7 Å². The molecule has 3 nitrogen and oxygen atoms in total. The molecule has 112 valence electrons. The van der Waals surface area contributed by atoms with E-state index in [1.165, 1.54) is 5.56 Å². The molecule has 1 fully saturated rings. The second-order valence-electron chi connectivity index (χ2n) is 4.64. The Kier molecular flexibility index (Phi) is 7.63. The zero-order valence-corrected chi connectivity index (χ0v) is 13.5. The molecule has 1 aliphatic heterocycles. The van der Waals surface area contributed by atoms with Crippen molar-refractivity contribution in [1.29, 1.82) is 0 Å². The maximum absolute atomic E-state index is 11.6. The average Bonchev–Trinajstić information content (AvgIpc) is 2.51. The first kappa shape index (κ1) is 17.0. The van der Waals surface area contributed by atoms with E-state index in [2.05, 4.69) is 17.0 Å². The molecule has 2 rings (SSSR count). The lowest BCUT2D eigenvalue weighted by Gasteiger charge is -2.34. The van der Waals surface area contributed by atoms with Crippen LogP contribution in [0.3, 0.4) is 0 Å². The van der Waals surface area contributed by atoms with Gasteiger partial charge in [0.05, 0.1) is 0 Å². The van der Waals surface area contributed by atoms with Crippen LogP contribution in [0, 0.1) is 0 Å². The SMILES string of the molecule is CC.CCC(=O)N1CCN(Cc2ccc(Cl)cc2)CC1. The van der Waals surface area contributed by atoms with Gasteiger partial charge in [-0.2, -0.15) is 0 Å². The van der Waals surface area contributed by atoms with Crippen LogP contribution in [-0.4, -0.2) is 41.9 Å². The first-order chi connectivity index (χ1) is 9.69. The molecule has 20 heavy (non-hydrogen) atoms. The Morgan fingerprint density at radius 1 is 1.10 bits per heavy atom. The van der Waals surface area contributed by atoms with Crippen LogP contribution in [0.4, 0.5) is 0 Å². The number of rotatable bonds is 3. The molecule has 4 heteroatoms. The molecule has 1 aliphatic rings. The third-order valence-corrected chi connectivity index (χ3v) is 3.60. The lowest BCUT2D eigenvalue weighted by molar-refractivity contribution is -0.132. The summed E-state index contributed by atoms with van der Waals surface area (Å²) in [5, 5.41) is 0.775. The number of benzene rings is 1. The fraction of sp³-hybridized carbons (Fsp3) is 0.562. The molecule has 1 aromatic rings. The van der Waals surface area contributed by atoms with Gasteiger partial charge in [0.1, 0.15) is 0 Å². The summed E-state index contributed by atoms with van der Waals surface area (Å²) < 4.78 is 0. The summed E-state index contributed by atoms with van der Waals surface area (Å²) in [4.78, 5) is 15.9. The first-order valence-electron chi connectivity index (χ1n) is 7.43. The van der Waals surface area contributed by atoms with Crippen LogP contribution in [0.5, 0.6) is 0 Å². The van der Waals surface area contributed by atoms with Crippen LogP contribution in [0.15, 0.2) is 24.3 Å². The summed E-state index contributed by atoms with van der Waals surface area (Å²) in [6.45, 7) is 10.5. The Morgan fingerprint density at radius 2 is 1.65 bits per heavy atom. The highest BCUT2D eigenvalue weighted by molar-refractivity contribution is 6.30. The van der Waals surface area contributed by atoms with Crippen molar-refractivity contribution in [2.45, 2.75) is 33.7 Å². The van der Waals surface area contributed by atoms with Gasteiger partial charge in [-0.3, -0.25) is 9.69 Å². The van der Waals surface area contributed by atoms with E-state index in [1.54, 1.807) is 0 Å². The highest BCUT2D eigenvalue weighted by atomic mass is 35.5. The van der Waals surface area contributed by atoms with Gasteiger partial charge in [0.15, 0.2) is 0 Å².